The Morgan fingerprint density at radius 3 is 2.48 bits per heavy atom. The molecule has 21 heavy (non-hydrogen) atoms. The number of benzene rings is 2. The Balaban J connectivity index is 2.35. The standard InChI is InChI=1S/C17H16F2N2/c1-10-5-4-6-17(14(10)9-20)21-12(3)13-8-15(18)11(2)7-16(13)19/h4-8,12,21H,1-3H3. The lowest BCUT2D eigenvalue weighted by Crippen LogP contribution is -2.11. The van der Waals surface area contributed by atoms with Gasteiger partial charge in [0.2, 0.25) is 0 Å². The van der Waals surface area contributed by atoms with Gasteiger partial charge in [0.25, 0.3) is 0 Å². The summed E-state index contributed by atoms with van der Waals surface area (Å²) in [5, 5.41) is 12.3. The van der Waals surface area contributed by atoms with Gasteiger partial charge in [0.05, 0.1) is 17.3 Å². The average Bonchev–Trinajstić information content (AvgIpc) is 2.43. The molecule has 0 aliphatic rings. The van der Waals surface area contributed by atoms with E-state index >= 15 is 0 Å². The van der Waals surface area contributed by atoms with Crippen molar-refractivity contribution in [1.29, 1.82) is 5.26 Å². The zero-order valence-corrected chi connectivity index (χ0v) is 12.2. The van der Waals surface area contributed by atoms with Crippen LogP contribution in [-0.4, -0.2) is 0 Å². The maximum absolute atomic E-state index is 14.0. The SMILES string of the molecule is Cc1cc(F)c(C(C)Nc2cccc(C)c2C#N)cc1F. The second kappa shape index (κ2) is 5.92. The van der Waals surface area contributed by atoms with Crippen molar-refractivity contribution in [2.75, 3.05) is 5.32 Å². The molecule has 2 rings (SSSR count). The minimum absolute atomic E-state index is 0.239. The summed E-state index contributed by atoms with van der Waals surface area (Å²) >= 11 is 0. The molecular weight excluding hydrogens is 270 g/mol. The van der Waals surface area contributed by atoms with E-state index in [0.717, 1.165) is 5.56 Å². The van der Waals surface area contributed by atoms with E-state index in [1.54, 1.807) is 13.0 Å². The topological polar surface area (TPSA) is 35.8 Å². The van der Waals surface area contributed by atoms with E-state index < -0.39 is 17.7 Å². The first-order chi connectivity index (χ1) is 9.93. The lowest BCUT2D eigenvalue weighted by atomic mass is 10.0. The highest BCUT2D eigenvalue weighted by Crippen LogP contribution is 2.26. The Morgan fingerprint density at radius 1 is 1.10 bits per heavy atom. The fourth-order valence-corrected chi connectivity index (χ4v) is 2.24. The molecule has 1 atom stereocenters. The Kier molecular flexibility index (Phi) is 4.23. The number of nitrogens with zero attached hydrogens (tertiary/aromatic N) is 1. The van der Waals surface area contributed by atoms with Crippen LogP contribution >= 0.6 is 0 Å². The minimum Gasteiger partial charge on any atom is -0.377 e. The molecule has 0 fully saturated rings. The van der Waals surface area contributed by atoms with Gasteiger partial charge in [-0.15, -0.1) is 0 Å². The molecule has 2 aromatic carbocycles. The highest BCUT2D eigenvalue weighted by molar-refractivity contribution is 5.61. The van der Waals surface area contributed by atoms with Crippen LogP contribution < -0.4 is 5.32 Å². The Morgan fingerprint density at radius 2 is 1.81 bits per heavy atom. The number of halogens is 2. The fourth-order valence-electron chi connectivity index (χ4n) is 2.24. The molecule has 0 saturated heterocycles. The van der Waals surface area contributed by atoms with Crippen molar-refractivity contribution in [2.24, 2.45) is 0 Å². The summed E-state index contributed by atoms with van der Waals surface area (Å²) in [6, 6.07) is 9.46. The number of anilines is 1. The monoisotopic (exact) mass is 286 g/mol. The van der Waals surface area contributed by atoms with Gasteiger partial charge >= 0.3 is 0 Å². The summed E-state index contributed by atoms with van der Waals surface area (Å²) in [7, 11) is 0. The smallest absolute Gasteiger partial charge is 0.128 e. The third kappa shape index (κ3) is 3.03. The molecule has 0 amide bonds. The van der Waals surface area contributed by atoms with E-state index in [4.69, 9.17) is 0 Å². The van der Waals surface area contributed by atoms with Crippen LogP contribution in [0.2, 0.25) is 0 Å². The van der Waals surface area contributed by atoms with Gasteiger partial charge in [-0.2, -0.15) is 5.26 Å². The summed E-state index contributed by atoms with van der Waals surface area (Å²) in [4.78, 5) is 0. The van der Waals surface area contributed by atoms with Gasteiger partial charge in [0.1, 0.15) is 17.7 Å². The van der Waals surface area contributed by atoms with Crippen LogP contribution in [-0.2, 0) is 0 Å². The van der Waals surface area contributed by atoms with Crippen LogP contribution in [0, 0.1) is 36.8 Å². The molecule has 1 N–H and O–H groups in total. The van der Waals surface area contributed by atoms with Crippen LogP contribution in [0.15, 0.2) is 30.3 Å². The molecule has 1 unspecified atom stereocenters. The molecule has 0 aromatic heterocycles. The molecule has 0 radical (unpaired) electrons. The van der Waals surface area contributed by atoms with E-state index in [1.165, 1.54) is 19.1 Å². The van der Waals surface area contributed by atoms with Crippen LogP contribution in [0.25, 0.3) is 0 Å². The Labute approximate surface area is 123 Å². The normalized spacial score (nSPS) is 11.8. The molecule has 0 spiro atoms. The first kappa shape index (κ1) is 15.0. The van der Waals surface area contributed by atoms with Gasteiger partial charge in [0, 0.05) is 5.56 Å². The second-order valence-corrected chi connectivity index (χ2v) is 5.10. The number of hydrogen-bond acceptors (Lipinski definition) is 2. The van der Waals surface area contributed by atoms with Crippen molar-refractivity contribution >= 4 is 5.69 Å². The van der Waals surface area contributed by atoms with Crippen LogP contribution in [0.4, 0.5) is 14.5 Å². The zero-order valence-electron chi connectivity index (χ0n) is 12.2. The molecule has 2 aromatic rings. The molecule has 0 saturated carbocycles. The van der Waals surface area contributed by atoms with Crippen LogP contribution in [0.5, 0.6) is 0 Å². The third-order valence-electron chi connectivity index (χ3n) is 3.50. The van der Waals surface area contributed by atoms with E-state index in [-0.39, 0.29) is 11.1 Å². The van der Waals surface area contributed by atoms with Crippen molar-refractivity contribution < 1.29 is 8.78 Å². The summed E-state index contributed by atoms with van der Waals surface area (Å²) in [5.41, 5.74) is 2.48. The molecule has 0 aliphatic heterocycles. The van der Waals surface area contributed by atoms with Crippen molar-refractivity contribution in [2.45, 2.75) is 26.8 Å². The van der Waals surface area contributed by atoms with Crippen LogP contribution in [0.3, 0.4) is 0 Å². The lowest BCUT2D eigenvalue weighted by molar-refractivity contribution is 0.571. The number of hydrogen-bond donors (Lipinski definition) is 1. The zero-order chi connectivity index (χ0) is 15.6. The largest absolute Gasteiger partial charge is 0.377 e. The van der Waals surface area contributed by atoms with Crippen molar-refractivity contribution in [3.05, 3.63) is 64.2 Å². The minimum atomic E-state index is -0.458. The number of rotatable bonds is 3. The number of nitriles is 1. The van der Waals surface area contributed by atoms with E-state index in [0.29, 0.717) is 11.3 Å². The van der Waals surface area contributed by atoms with Gasteiger partial charge < -0.3 is 5.32 Å². The van der Waals surface area contributed by atoms with Crippen molar-refractivity contribution in [3.8, 4) is 6.07 Å². The van der Waals surface area contributed by atoms with Crippen molar-refractivity contribution in [1.82, 2.24) is 0 Å². The van der Waals surface area contributed by atoms with Crippen LogP contribution in [0.1, 0.15) is 35.2 Å². The summed E-state index contributed by atoms with van der Waals surface area (Å²) < 4.78 is 27.6. The number of aryl methyl sites for hydroxylation is 2. The van der Waals surface area contributed by atoms with E-state index in [9.17, 15) is 14.0 Å². The van der Waals surface area contributed by atoms with Gasteiger partial charge in [-0.1, -0.05) is 12.1 Å². The van der Waals surface area contributed by atoms with E-state index in [1.807, 2.05) is 19.1 Å². The second-order valence-electron chi connectivity index (χ2n) is 5.10. The lowest BCUT2D eigenvalue weighted by Gasteiger charge is -2.18. The molecule has 0 bridgehead atoms. The predicted molar refractivity (Wildman–Crippen MR) is 79.0 cm³/mol. The van der Waals surface area contributed by atoms with Gasteiger partial charge in [-0.25, -0.2) is 8.78 Å². The van der Waals surface area contributed by atoms with Gasteiger partial charge in [-0.3, -0.25) is 0 Å². The summed E-state index contributed by atoms with van der Waals surface area (Å²) in [5.74, 6) is -0.898. The highest BCUT2D eigenvalue weighted by Gasteiger charge is 2.15. The Bertz CT molecular complexity index is 717. The first-order valence-electron chi connectivity index (χ1n) is 6.65. The third-order valence-corrected chi connectivity index (χ3v) is 3.50. The van der Waals surface area contributed by atoms with E-state index in [2.05, 4.69) is 11.4 Å². The molecule has 4 heteroatoms. The average molecular weight is 286 g/mol. The quantitative estimate of drug-likeness (QED) is 0.893. The summed E-state index contributed by atoms with van der Waals surface area (Å²) in [6.45, 7) is 5.09. The maximum Gasteiger partial charge on any atom is 0.128 e. The molecule has 0 heterocycles. The van der Waals surface area contributed by atoms with Gasteiger partial charge in [-0.05, 0) is 50.1 Å². The van der Waals surface area contributed by atoms with Gasteiger partial charge in [0.15, 0.2) is 0 Å². The Hall–Kier alpha value is -2.41. The maximum atomic E-state index is 14.0. The molecular formula is C17H16F2N2. The fraction of sp³-hybridized carbons (Fsp3) is 0.235. The highest BCUT2D eigenvalue weighted by atomic mass is 19.1. The molecule has 108 valence electrons. The first-order valence-corrected chi connectivity index (χ1v) is 6.65. The number of nitrogens with one attached hydrogen (secondary N) is 1. The predicted octanol–water partition coefficient (Wildman–Crippen LogP) is 4.63. The summed E-state index contributed by atoms with van der Waals surface area (Å²) in [6.07, 6.45) is 0. The van der Waals surface area contributed by atoms with Crippen molar-refractivity contribution in [3.63, 3.8) is 0 Å². The molecule has 2 nitrogen and oxygen atoms in total. The molecule has 0 aliphatic carbocycles.